The van der Waals surface area contributed by atoms with Crippen LogP contribution >= 0.6 is 0 Å². The van der Waals surface area contributed by atoms with Crippen LogP contribution in [-0.4, -0.2) is 45.0 Å². The van der Waals surface area contributed by atoms with E-state index >= 15 is 0 Å². The monoisotopic (exact) mass is 364 g/mol. The summed E-state index contributed by atoms with van der Waals surface area (Å²) in [6.45, 7) is 1.51. The van der Waals surface area contributed by atoms with Crippen molar-refractivity contribution in [2.24, 2.45) is 0 Å². The van der Waals surface area contributed by atoms with Crippen LogP contribution in [0.1, 0.15) is 12.1 Å². The standard InChI is InChI=1S/C19H17FN6O/c20-14-6-8-24(11-14)17-5-4-13(10-22-17)16-9-15-12-25(19(27)26(15)23-16)18-3-1-2-7-21-18/h1-5,7,9-10,14H,6,8,11-12H2/t14-/m1/s1. The highest BCUT2D eigenvalue weighted by Crippen LogP contribution is 2.28. The van der Waals surface area contributed by atoms with Crippen molar-refractivity contribution in [1.82, 2.24) is 19.7 Å². The van der Waals surface area contributed by atoms with Crippen molar-refractivity contribution in [2.45, 2.75) is 19.1 Å². The van der Waals surface area contributed by atoms with Crippen LogP contribution in [0.5, 0.6) is 0 Å². The molecule has 5 rings (SSSR count). The fourth-order valence-corrected chi connectivity index (χ4v) is 3.53. The van der Waals surface area contributed by atoms with E-state index in [1.54, 1.807) is 23.4 Å². The second-order valence-corrected chi connectivity index (χ2v) is 6.73. The van der Waals surface area contributed by atoms with Gasteiger partial charge in [0, 0.05) is 24.5 Å². The lowest BCUT2D eigenvalue weighted by atomic mass is 10.2. The second-order valence-electron chi connectivity index (χ2n) is 6.73. The molecule has 27 heavy (non-hydrogen) atoms. The van der Waals surface area contributed by atoms with Gasteiger partial charge in [-0.05, 0) is 36.8 Å². The first kappa shape index (κ1) is 15.9. The Hall–Kier alpha value is -3.29. The molecular formula is C19H17FN6O. The predicted octanol–water partition coefficient (Wildman–Crippen LogP) is 2.88. The van der Waals surface area contributed by atoms with E-state index < -0.39 is 6.17 Å². The maximum Gasteiger partial charge on any atom is 0.351 e. The van der Waals surface area contributed by atoms with Gasteiger partial charge in [0.1, 0.15) is 17.8 Å². The lowest BCUT2D eigenvalue weighted by Crippen LogP contribution is -2.27. The van der Waals surface area contributed by atoms with Crippen molar-refractivity contribution < 1.29 is 9.18 Å². The van der Waals surface area contributed by atoms with Crippen LogP contribution in [0, 0.1) is 0 Å². The highest BCUT2D eigenvalue weighted by Gasteiger charge is 2.31. The molecule has 7 nitrogen and oxygen atoms in total. The molecule has 5 heterocycles. The van der Waals surface area contributed by atoms with Crippen molar-refractivity contribution in [1.29, 1.82) is 0 Å². The summed E-state index contributed by atoms with van der Waals surface area (Å²) in [7, 11) is 0. The Balaban J connectivity index is 1.37. The Morgan fingerprint density at radius 1 is 1.11 bits per heavy atom. The Kier molecular flexibility index (Phi) is 3.63. The number of fused-ring (bicyclic) bond motifs is 1. The van der Waals surface area contributed by atoms with Gasteiger partial charge in [0.25, 0.3) is 0 Å². The number of amides is 1. The van der Waals surface area contributed by atoms with Crippen molar-refractivity contribution >= 4 is 17.7 Å². The number of rotatable bonds is 3. The predicted molar refractivity (Wildman–Crippen MR) is 98.4 cm³/mol. The molecule has 1 saturated heterocycles. The fraction of sp³-hybridized carbons (Fsp3) is 0.263. The third-order valence-electron chi connectivity index (χ3n) is 4.94. The molecular weight excluding hydrogens is 347 g/mol. The summed E-state index contributed by atoms with van der Waals surface area (Å²) >= 11 is 0. The molecule has 8 heteroatoms. The zero-order valence-corrected chi connectivity index (χ0v) is 14.5. The molecule has 1 fully saturated rings. The lowest BCUT2D eigenvalue weighted by Gasteiger charge is -2.16. The first-order chi connectivity index (χ1) is 13.2. The average molecular weight is 364 g/mol. The number of nitrogens with zero attached hydrogens (tertiary/aromatic N) is 6. The summed E-state index contributed by atoms with van der Waals surface area (Å²) in [4.78, 5) is 24.8. The fourth-order valence-electron chi connectivity index (χ4n) is 3.53. The summed E-state index contributed by atoms with van der Waals surface area (Å²) in [5, 5.41) is 4.44. The summed E-state index contributed by atoms with van der Waals surface area (Å²) in [5.74, 6) is 1.38. The molecule has 1 amide bonds. The van der Waals surface area contributed by atoms with Crippen LogP contribution in [0.25, 0.3) is 11.3 Å². The summed E-state index contributed by atoms with van der Waals surface area (Å²) in [5.41, 5.74) is 2.33. The van der Waals surface area contributed by atoms with Gasteiger partial charge >= 0.3 is 6.03 Å². The molecule has 136 valence electrons. The molecule has 3 aromatic heterocycles. The number of carbonyl (C=O) groups excluding carboxylic acids is 1. The van der Waals surface area contributed by atoms with Gasteiger partial charge in [0.2, 0.25) is 0 Å². The molecule has 0 radical (unpaired) electrons. The van der Waals surface area contributed by atoms with Crippen LogP contribution in [0.2, 0.25) is 0 Å². The number of pyridine rings is 2. The number of carbonyl (C=O) groups is 1. The first-order valence-electron chi connectivity index (χ1n) is 8.86. The lowest BCUT2D eigenvalue weighted by molar-refractivity contribution is 0.248. The molecule has 0 unspecified atom stereocenters. The largest absolute Gasteiger partial charge is 0.354 e. The van der Waals surface area contributed by atoms with Gasteiger partial charge < -0.3 is 4.90 Å². The number of alkyl halides is 1. The van der Waals surface area contributed by atoms with Crippen molar-refractivity contribution in [3.63, 3.8) is 0 Å². The zero-order valence-electron chi connectivity index (χ0n) is 14.5. The normalized spacial score (nSPS) is 19.0. The highest BCUT2D eigenvalue weighted by molar-refractivity contribution is 5.95. The minimum Gasteiger partial charge on any atom is -0.354 e. The minimum atomic E-state index is -0.782. The van der Waals surface area contributed by atoms with Crippen LogP contribution in [0.3, 0.4) is 0 Å². The minimum absolute atomic E-state index is 0.217. The Bertz CT molecular complexity index is 987. The van der Waals surface area contributed by atoms with Crippen molar-refractivity contribution in [3.8, 4) is 11.3 Å². The molecule has 0 aromatic carbocycles. The molecule has 0 spiro atoms. The van der Waals surface area contributed by atoms with Gasteiger partial charge in [-0.15, -0.1) is 0 Å². The maximum atomic E-state index is 13.4. The molecule has 2 aliphatic heterocycles. The smallest absolute Gasteiger partial charge is 0.351 e. The Morgan fingerprint density at radius 3 is 2.70 bits per heavy atom. The average Bonchev–Trinajstić information content (AvgIpc) is 3.39. The van der Waals surface area contributed by atoms with E-state index in [9.17, 15) is 9.18 Å². The van der Waals surface area contributed by atoms with E-state index in [-0.39, 0.29) is 6.03 Å². The van der Waals surface area contributed by atoms with Crippen LogP contribution in [-0.2, 0) is 6.54 Å². The van der Waals surface area contributed by atoms with Crippen LogP contribution < -0.4 is 9.80 Å². The van der Waals surface area contributed by atoms with Crippen molar-refractivity contribution in [2.75, 3.05) is 22.9 Å². The SMILES string of the molecule is O=C1N(c2ccccn2)Cc2cc(-c3ccc(N4CC[C@@H](F)C4)nc3)nn21. The second kappa shape index (κ2) is 6.15. The molecule has 0 bridgehead atoms. The van der Waals surface area contributed by atoms with Crippen molar-refractivity contribution in [3.05, 3.63) is 54.5 Å². The number of hydrogen-bond acceptors (Lipinski definition) is 5. The van der Waals surface area contributed by atoms with Crippen LogP contribution in [0.15, 0.2) is 48.8 Å². The third-order valence-corrected chi connectivity index (χ3v) is 4.94. The van der Waals surface area contributed by atoms with E-state index in [4.69, 9.17) is 0 Å². The van der Waals surface area contributed by atoms with Gasteiger partial charge in [-0.3, -0.25) is 4.90 Å². The van der Waals surface area contributed by atoms with E-state index in [1.807, 2.05) is 35.2 Å². The van der Waals surface area contributed by atoms with E-state index in [1.165, 1.54) is 4.68 Å². The van der Waals surface area contributed by atoms with Gasteiger partial charge in [-0.1, -0.05) is 6.07 Å². The quantitative estimate of drug-likeness (QED) is 0.715. The summed E-state index contributed by atoms with van der Waals surface area (Å²) < 4.78 is 14.8. The Labute approximate surface area is 155 Å². The number of anilines is 2. The number of aromatic nitrogens is 4. The van der Waals surface area contributed by atoms with E-state index in [0.717, 1.165) is 17.1 Å². The molecule has 0 saturated carbocycles. The van der Waals surface area contributed by atoms with Gasteiger partial charge in [-0.2, -0.15) is 9.78 Å². The number of hydrogen-bond donors (Lipinski definition) is 0. The van der Waals surface area contributed by atoms with Gasteiger partial charge in [0.05, 0.1) is 24.5 Å². The Morgan fingerprint density at radius 2 is 2.04 bits per heavy atom. The molecule has 0 N–H and O–H groups in total. The summed E-state index contributed by atoms with van der Waals surface area (Å²) in [6.07, 6.45) is 3.15. The summed E-state index contributed by atoms with van der Waals surface area (Å²) in [6, 6.07) is 10.9. The van der Waals surface area contributed by atoms with Gasteiger partial charge in [-0.25, -0.2) is 19.2 Å². The zero-order chi connectivity index (χ0) is 18.4. The maximum absolute atomic E-state index is 13.4. The molecule has 1 atom stereocenters. The first-order valence-corrected chi connectivity index (χ1v) is 8.86. The van der Waals surface area contributed by atoms with Crippen LogP contribution in [0.4, 0.5) is 20.8 Å². The molecule has 2 aliphatic rings. The highest BCUT2D eigenvalue weighted by atomic mass is 19.1. The van der Waals surface area contributed by atoms with Gasteiger partial charge in [0.15, 0.2) is 0 Å². The topological polar surface area (TPSA) is 67.2 Å². The third kappa shape index (κ3) is 2.73. The van der Waals surface area contributed by atoms with E-state index in [2.05, 4.69) is 15.1 Å². The molecule has 3 aromatic rings. The molecule has 0 aliphatic carbocycles. The van der Waals surface area contributed by atoms with E-state index in [0.29, 0.717) is 37.6 Å². The number of halogens is 1.